The van der Waals surface area contributed by atoms with Crippen LogP contribution < -0.4 is 9.64 Å². The largest absolute Gasteiger partial charge is 0.497 e. The number of hydrogen-bond acceptors (Lipinski definition) is 5. The Morgan fingerprint density at radius 1 is 1.03 bits per heavy atom. The Kier molecular flexibility index (Phi) is 7.22. The average molecular weight is 449 g/mol. The summed E-state index contributed by atoms with van der Waals surface area (Å²) in [5.74, 6) is 1.80. The van der Waals surface area contributed by atoms with Gasteiger partial charge in [-0.15, -0.1) is 11.8 Å². The van der Waals surface area contributed by atoms with Crippen LogP contribution >= 0.6 is 23.1 Å². The maximum atomic E-state index is 13.2. The van der Waals surface area contributed by atoms with E-state index >= 15 is 0 Å². The molecule has 0 atom stereocenters. The van der Waals surface area contributed by atoms with Gasteiger partial charge in [-0.2, -0.15) is 0 Å². The van der Waals surface area contributed by atoms with Crippen molar-refractivity contribution in [2.24, 2.45) is 0 Å². The molecule has 0 unspecified atom stereocenters. The van der Waals surface area contributed by atoms with Crippen LogP contribution in [0.5, 0.6) is 5.75 Å². The third kappa shape index (κ3) is 5.66. The average Bonchev–Trinajstić information content (AvgIpc) is 3.24. The van der Waals surface area contributed by atoms with Gasteiger partial charge >= 0.3 is 0 Å². The number of anilines is 1. The van der Waals surface area contributed by atoms with Crippen LogP contribution in [0.2, 0.25) is 0 Å². The number of fused-ring (bicyclic) bond motifs is 1. The van der Waals surface area contributed by atoms with E-state index in [2.05, 4.69) is 12.1 Å². The second-order valence-electron chi connectivity index (χ2n) is 7.06. The molecule has 0 aliphatic carbocycles. The van der Waals surface area contributed by atoms with E-state index in [1.54, 1.807) is 18.9 Å². The van der Waals surface area contributed by atoms with Gasteiger partial charge in [0, 0.05) is 11.3 Å². The molecular weight excluding hydrogens is 424 g/mol. The molecule has 1 aromatic heterocycles. The SMILES string of the molecule is COc1ccc2nc(N(Cc3ccccc3)C(=O)CCCSc3ccccc3)sc2c1. The van der Waals surface area contributed by atoms with E-state index in [0.29, 0.717) is 13.0 Å². The zero-order valence-electron chi connectivity index (χ0n) is 17.4. The zero-order valence-corrected chi connectivity index (χ0v) is 19.0. The van der Waals surface area contributed by atoms with E-state index < -0.39 is 0 Å². The normalized spacial score (nSPS) is 10.9. The van der Waals surface area contributed by atoms with Crippen LogP contribution in [0.15, 0.2) is 83.8 Å². The molecule has 0 aliphatic heterocycles. The molecule has 0 saturated heterocycles. The van der Waals surface area contributed by atoms with Crippen molar-refractivity contribution in [1.29, 1.82) is 0 Å². The Morgan fingerprint density at radius 3 is 2.52 bits per heavy atom. The minimum atomic E-state index is 0.100. The highest BCUT2D eigenvalue weighted by Gasteiger charge is 2.20. The predicted octanol–water partition coefficient (Wildman–Crippen LogP) is 6.41. The molecule has 1 heterocycles. The summed E-state index contributed by atoms with van der Waals surface area (Å²) >= 11 is 3.31. The van der Waals surface area contributed by atoms with Crippen molar-refractivity contribution < 1.29 is 9.53 Å². The third-order valence-corrected chi connectivity index (χ3v) is 6.99. The molecule has 0 N–H and O–H groups in total. The molecule has 0 aliphatic rings. The Balaban J connectivity index is 1.49. The van der Waals surface area contributed by atoms with Gasteiger partial charge < -0.3 is 4.74 Å². The lowest BCUT2D eigenvalue weighted by molar-refractivity contribution is -0.118. The van der Waals surface area contributed by atoms with Crippen molar-refractivity contribution in [2.45, 2.75) is 24.3 Å². The molecule has 6 heteroatoms. The van der Waals surface area contributed by atoms with Gasteiger partial charge in [0.25, 0.3) is 0 Å². The minimum Gasteiger partial charge on any atom is -0.497 e. The van der Waals surface area contributed by atoms with Gasteiger partial charge in [-0.3, -0.25) is 9.69 Å². The summed E-state index contributed by atoms with van der Waals surface area (Å²) in [6, 6.07) is 26.2. The number of rotatable bonds is 9. The van der Waals surface area contributed by atoms with Crippen LogP contribution in [0, 0.1) is 0 Å². The monoisotopic (exact) mass is 448 g/mol. The highest BCUT2D eigenvalue weighted by Crippen LogP contribution is 2.32. The van der Waals surface area contributed by atoms with Gasteiger partial charge in [-0.1, -0.05) is 59.9 Å². The second-order valence-corrected chi connectivity index (χ2v) is 9.24. The molecule has 4 nitrogen and oxygen atoms in total. The first kappa shape index (κ1) is 21.4. The molecule has 31 heavy (non-hydrogen) atoms. The number of benzene rings is 3. The summed E-state index contributed by atoms with van der Waals surface area (Å²) in [4.78, 5) is 21.0. The number of hydrogen-bond donors (Lipinski definition) is 0. The highest BCUT2D eigenvalue weighted by atomic mass is 32.2. The predicted molar refractivity (Wildman–Crippen MR) is 130 cm³/mol. The van der Waals surface area contributed by atoms with Crippen LogP contribution in [0.3, 0.4) is 0 Å². The number of methoxy groups -OCH3 is 1. The number of thiazole rings is 1. The number of amides is 1. The number of aromatic nitrogens is 1. The fourth-order valence-electron chi connectivity index (χ4n) is 3.23. The second kappa shape index (κ2) is 10.5. The molecule has 4 aromatic rings. The maximum absolute atomic E-state index is 13.2. The van der Waals surface area contributed by atoms with E-state index in [9.17, 15) is 4.79 Å². The van der Waals surface area contributed by atoms with Crippen LogP contribution in [0.1, 0.15) is 18.4 Å². The first-order chi connectivity index (χ1) is 15.2. The highest BCUT2D eigenvalue weighted by molar-refractivity contribution is 7.99. The maximum Gasteiger partial charge on any atom is 0.229 e. The minimum absolute atomic E-state index is 0.100. The van der Waals surface area contributed by atoms with Crippen molar-refractivity contribution in [3.05, 3.63) is 84.4 Å². The fraction of sp³-hybridized carbons (Fsp3) is 0.200. The summed E-state index contributed by atoms with van der Waals surface area (Å²) in [5.41, 5.74) is 1.97. The quantitative estimate of drug-likeness (QED) is 0.219. The number of ether oxygens (including phenoxy) is 1. The van der Waals surface area contributed by atoms with E-state index in [-0.39, 0.29) is 5.91 Å². The van der Waals surface area contributed by atoms with E-state index in [4.69, 9.17) is 9.72 Å². The van der Waals surface area contributed by atoms with Gasteiger partial charge in [0.05, 0.1) is 23.9 Å². The van der Waals surface area contributed by atoms with Crippen LogP contribution in [-0.4, -0.2) is 23.8 Å². The number of thioether (sulfide) groups is 1. The molecule has 0 radical (unpaired) electrons. The smallest absolute Gasteiger partial charge is 0.229 e. The molecule has 0 saturated carbocycles. The Bertz CT molecular complexity index is 1130. The molecule has 0 spiro atoms. The van der Waals surface area contributed by atoms with Gasteiger partial charge in [0.2, 0.25) is 5.91 Å². The summed E-state index contributed by atoms with van der Waals surface area (Å²) in [6.07, 6.45) is 1.31. The molecule has 4 rings (SSSR count). The van der Waals surface area contributed by atoms with Crippen molar-refractivity contribution >= 4 is 44.4 Å². The fourth-order valence-corrected chi connectivity index (χ4v) is 5.11. The van der Waals surface area contributed by atoms with Crippen molar-refractivity contribution in [2.75, 3.05) is 17.8 Å². The van der Waals surface area contributed by atoms with Crippen molar-refractivity contribution in [3.8, 4) is 5.75 Å². The lowest BCUT2D eigenvalue weighted by atomic mass is 10.2. The van der Waals surface area contributed by atoms with E-state index in [1.165, 1.54) is 16.2 Å². The van der Waals surface area contributed by atoms with E-state index in [0.717, 1.165) is 38.8 Å². The van der Waals surface area contributed by atoms with Gasteiger partial charge in [0.15, 0.2) is 5.13 Å². The Morgan fingerprint density at radius 2 is 1.77 bits per heavy atom. The molecule has 0 fully saturated rings. The van der Waals surface area contributed by atoms with Crippen LogP contribution in [0.4, 0.5) is 5.13 Å². The molecule has 158 valence electrons. The van der Waals surface area contributed by atoms with Crippen LogP contribution in [0.25, 0.3) is 10.2 Å². The van der Waals surface area contributed by atoms with Crippen molar-refractivity contribution in [1.82, 2.24) is 4.98 Å². The summed E-state index contributed by atoms with van der Waals surface area (Å²) in [7, 11) is 1.65. The van der Waals surface area contributed by atoms with Gasteiger partial charge in [-0.25, -0.2) is 4.98 Å². The lowest BCUT2D eigenvalue weighted by Gasteiger charge is -2.20. The standard InChI is InChI=1S/C25H24N2O2S2/c1-29-20-14-15-22-23(17-20)31-25(26-22)27(18-19-9-4-2-5-10-19)24(28)13-8-16-30-21-11-6-3-7-12-21/h2-7,9-12,14-15,17H,8,13,16,18H2,1H3. The van der Waals surface area contributed by atoms with Crippen LogP contribution in [-0.2, 0) is 11.3 Å². The lowest BCUT2D eigenvalue weighted by Crippen LogP contribution is -2.30. The summed E-state index contributed by atoms with van der Waals surface area (Å²) in [6.45, 7) is 0.516. The number of carbonyl (C=O) groups excluding carboxylic acids is 1. The third-order valence-electron chi connectivity index (χ3n) is 4.85. The van der Waals surface area contributed by atoms with Gasteiger partial charge in [-0.05, 0) is 48.1 Å². The molecular formula is C25H24N2O2S2. The summed E-state index contributed by atoms with van der Waals surface area (Å²) in [5, 5.41) is 0.729. The van der Waals surface area contributed by atoms with Crippen molar-refractivity contribution in [3.63, 3.8) is 0 Å². The van der Waals surface area contributed by atoms with E-state index in [1.807, 2.05) is 71.6 Å². The Labute approximate surface area is 190 Å². The summed E-state index contributed by atoms with van der Waals surface area (Å²) < 4.78 is 6.35. The first-order valence-corrected chi connectivity index (χ1v) is 12.0. The number of nitrogens with zero attached hydrogens (tertiary/aromatic N) is 2. The van der Waals surface area contributed by atoms with Gasteiger partial charge in [0.1, 0.15) is 5.75 Å². The number of carbonyl (C=O) groups is 1. The molecule has 0 bridgehead atoms. The zero-order chi connectivity index (χ0) is 21.5. The molecule has 3 aromatic carbocycles. The Hall–Kier alpha value is -2.83. The topological polar surface area (TPSA) is 42.4 Å². The first-order valence-electron chi connectivity index (χ1n) is 10.2. The molecule has 1 amide bonds.